The van der Waals surface area contributed by atoms with Crippen LogP contribution in [-0.2, 0) is 0 Å². The van der Waals surface area contributed by atoms with Gasteiger partial charge in [0, 0.05) is 17.5 Å². The van der Waals surface area contributed by atoms with Gasteiger partial charge in [-0.1, -0.05) is 11.6 Å². The van der Waals surface area contributed by atoms with E-state index in [4.69, 9.17) is 17.3 Å². The molecule has 1 unspecified atom stereocenters. The lowest BCUT2D eigenvalue weighted by atomic mass is 10.0. The fourth-order valence-corrected chi connectivity index (χ4v) is 1.29. The summed E-state index contributed by atoms with van der Waals surface area (Å²) in [4.78, 5) is 11.4. The molecule has 76 valence electrons. The van der Waals surface area contributed by atoms with E-state index < -0.39 is 5.82 Å². The normalized spacial score (nSPS) is 12.6. The third-order valence-corrected chi connectivity index (χ3v) is 1.97. The molecule has 0 spiro atoms. The molecule has 14 heavy (non-hydrogen) atoms. The van der Waals surface area contributed by atoms with Crippen LogP contribution in [0.2, 0.25) is 5.02 Å². The Kier molecular flexibility index (Phi) is 3.61. The molecule has 0 fully saturated rings. The van der Waals surface area contributed by atoms with E-state index in [0.29, 0.717) is 5.02 Å². The second-order valence-electron chi connectivity index (χ2n) is 3.23. The van der Waals surface area contributed by atoms with Gasteiger partial charge in [0.15, 0.2) is 5.78 Å². The number of rotatable bonds is 3. The van der Waals surface area contributed by atoms with Crippen LogP contribution < -0.4 is 5.73 Å². The molecule has 0 amide bonds. The SMILES string of the molecule is CC(N)CC(=O)c1cc(Cl)ccc1F. The molecule has 2 nitrogen and oxygen atoms in total. The number of benzene rings is 1. The van der Waals surface area contributed by atoms with Gasteiger partial charge in [-0.3, -0.25) is 4.79 Å². The van der Waals surface area contributed by atoms with Gasteiger partial charge in [-0.2, -0.15) is 0 Å². The highest BCUT2D eigenvalue weighted by atomic mass is 35.5. The Balaban J connectivity index is 2.94. The van der Waals surface area contributed by atoms with Gasteiger partial charge < -0.3 is 5.73 Å². The number of Topliss-reactive ketones (excluding diaryl/α,β-unsaturated/α-hetero) is 1. The molecule has 0 aliphatic heterocycles. The van der Waals surface area contributed by atoms with E-state index in [0.717, 1.165) is 0 Å². The zero-order valence-electron chi connectivity index (χ0n) is 7.76. The van der Waals surface area contributed by atoms with E-state index in [2.05, 4.69) is 0 Å². The molecule has 2 N–H and O–H groups in total. The minimum atomic E-state index is -0.556. The molecule has 0 aliphatic carbocycles. The van der Waals surface area contributed by atoms with Crippen molar-refractivity contribution >= 4 is 17.4 Å². The third-order valence-electron chi connectivity index (χ3n) is 1.74. The van der Waals surface area contributed by atoms with E-state index >= 15 is 0 Å². The Bertz CT molecular complexity index is 352. The molecule has 0 radical (unpaired) electrons. The predicted octanol–water partition coefficient (Wildman–Crippen LogP) is 2.40. The van der Waals surface area contributed by atoms with Crippen LogP contribution in [0.15, 0.2) is 18.2 Å². The predicted molar refractivity (Wildman–Crippen MR) is 54.0 cm³/mol. The van der Waals surface area contributed by atoms with Crippen molar-refractivity contribution in [3.63, 3.8) is 0 Å². The Hall–Kier alpha value is -0.930. The van der Waals surface area contributed by atoms with Crippen molar-refractivity contribution in [3.05, 3.63) is 34.6 Å². The third kappa shape index (κ3) is 2.79. The summed E-state index contributed by atoms with van der Waals surface area (Å²) in [5, 5.41) is 0.347. The van der Waals surface area contributed by atoms with Gasteiger partial charge in [0.25, 0.3) is 0 Å². The molecule has 4 heteroatoms. The van der Waals surface area contributed by atoms with Crippen molar-refractivity contribution in [2.45, 2.75) is 19.4 Å². The van der Waals surface area contributed by atoms with Gasteiger partial charge in [0.05, 0.1) is 5.56 Å². The number of halogens is 2. The molecule has 0 saturated carbocycles. The lowest BCUT2D eigenvalue weighted by molar-refractivity contribution is 0.0972. The summed E-state index contributed by atoms with van der Waals surface area (Å²) in [7, 11) is 0. The van der Waals surface area contributed by atoms with Crippen LogP contribution in [0.4, 0.5) is 4.39 Å². The summed E-state index contributed by atoms with van der Waals surface area (Å²) in [6.07, 6.45) is 0.122. The monoisotopic (exact) mass is 215 g/mol. The number of hydrogen-bond donors (Lipinski definition) is 1. The van der Waals surface area contributed by atoms with Crippen LogP contribution in [0.1, 0.15) is 23.7 Å². The van der Waals surface area contributed by atoms with Crippen molar-refractivity contribution in [3.8, 4) is 0 Å². The smallest absolute Gasteiger partial charge is 0.167 e. The average Bonchev–Trinajstić information content (AvgIpc) is 2.08. The Morgan fingerprint density at radius 2 is 2.29 bits per heavy atom. The van der Waals surface area contributed by atoms with Gasteiger partial charge in [0.1, 0.15) is 5.82 Å². The van der Waals surface area contributed by atoms with Crippen LogP contribution in [0.25, 0.3) is 0 Å². The Morgan fingerprint density at radius 3 is 2.86 bits per heavy atom. The lowest BCUT2D eigenvalue weighted by Crippen LogP contribution is -2.20. The molecule has 0 aliphatic rings. The fourth-order valence-electron chi connectivity index (χ4n) is 1.11. The largest absolute Gasteiger partial charge is 0.328 e. The standard InChI is InChI=1S/C10H11ClFNO/c1-6(13)4-10(14)8-5-7(11)2-3-9(8)12/h2-3,5-6H,4,13H2,1H3. The van der Waals surface area contributed by atoms with Gasteiger partial charge in [-0.05, 0) is 25.1 Å². The number of carbonyl (C=O) groups excluding carboxylic acids is 1. The van der Waals surface area contributed by atoms with Crippen LogP contribution >= 0.6 is 11.6 Å². The average molecular weight is 216 g/mol. The first-order valence-corrected chi connectivity index (χ1v) is 4.62. The summed E-state index contributed by atoms with van der Waals surface area (Å²) >= 11 is 5.65. The molecular formula is C10H11ClFNO. The van der Waals surface area contributed by atoms with Crippen molar-refractivity contribution in [2.24, 2.45) is 5.73 Å². The Labute approximate surface area is 86.9 Å². The molecule has 0 heterocycles. The Morgan fingerprint density at radius 1 is 1.64 bits per heavy atom. The molecule has 0 bridgehead atoms. The molecule has 0 saturated heterocycles. The van der Waals surface area contributed by atoms with E-state index in [1.165, 1.54) is 18.2 Å². The van der Waals surface area contributed by atoms with E-state index in [-0.39, 0.29) is 23.8 Å². The van der Waals surface area contributed by atoms with Gasteiger partial charge in [-0.15, -0.1) is 0 Å². The number of nitrogens with two attached hydrogens (primary N) is 1. The second kappa shape index (κ2) is 4.53. The number of hydrogen-bond acceptors (Lipinski definition) is 2. The zero-order chi connectivity index (χ0) is 10.7. The molecule has 1 aromatic carbocycles. The van der Waals surface area contributed by atoms with Crippen LogP contribution in [0.3, 0.4) is 0 Å². The number of ketones is 1. The van der Waals surface area contributed by atoms with Gasteiger partial charge in [0.2, 0.25) is 0 Å². The second-order valence-corrected chi connectivity index (χ2v) is 3.67. The van der Waals surface area contributed by atoms with Crippen molar-refractivity contribution in [2.75, 3.05) is 0 Å². The highest BCUT2D eigenvalue weighted by Crippen LogP contribution is 2.16. The molecule has 0 aromatic heterocycles. The maximum absolute atomic E-state index is 13.2. The van der Waals surface area contributed by atoms with Crippen LogP contribution in [-0.4, -0.2) is 11.8 Å². The fraction of sp³-hybridized carbons (Fsp3) is 0.300. The molecule has 1 atom stereocenters. The zero-order valence-corrected chi connectivity index (χ0v) is 8.51. The summed E-state index contributed by atoms with van der Waals surface area (Å²) in [6.45, 7) is 1.69. The molecule has 1 aromatic rings. The summed E-state index contributed by atoms with van der Waals surface area (Å²) < 4.78 is 13.2. The highest BCUT2D eigenvalue weighted by Gasteiger charge is 2.13. The summed E-state index contributed by atoms with van der Waals surface area (Å²) in [5.41, 5.74) is 5.45. The van der Waals surface area contributed by atoms with E-state index in [1.807, 2.05) is 0 Å². The minimum absolute atomic E-state index is 0.00907. The topological polar surface area (TPSA) is 43.1 Å². The van der Waals surface area contributed by atoms with Crippen molar-refractivity contribution in [1.82, 2.24) is 0 Å². The van der Waals surface area contributed by atoms with Crippen molar-refractivity contribution < 1.29 is 9.18 Å². The maximum Gasteiger partial charge on any atom is 0.167 e. The summed E-state index contributed by atoms with van der Waals surface area (Å²) in [5.74, 6) is -0.875. The van der Waals surface area contributed by atoms with Crippen molar-refractivity contribution in [1.29, 1.82) is 0 Å². The first-order valence-electron chi connectivity index (χ1n) is 4.24. The van der Waals surface area contributed by atoms with E-state index in [1.54, 1.807) is 6.92 Å². The first-order chi connectivity index (χ1) is 6.50. The minimum Gasteiger partial charge on any atom is -0.328 e. The summed E-state index contributed by atoms with van der Waals surface area (Å²) in [6, 6.07) is 3.62. The van der Waals surface area contributed by atoms with Crippen LogP contribution in [0.5, 0.6) is 0 Å². The van der Waals surface area contributed by atoms with Crippen LogP contribution in [0, 0.1) is 5.82 Å². The van der Waals surface area contributed by atoms with E-state index in [9.17, 15) is 9.18 Å². The lowest BCUT2D eigenvalue weighted by Gasteiger charge is -2.05. The van der Waals surface area contributed by atoms with Gasteiger partial charge in [-0.25, -0.2) is 4.39 Å². The first kappa shape index (κ1) is 11.1. The molecular weight excluding hydrogens is 205 g/mol. The maximum atomic E-state index is 13.2. The molecule has 1 rings (SSSR count). The quantitative estimate of drug-likeness (QED) is 0.787. The highest BCUT2D eigenvalue weighted by molar-refractivity contribution is 6.31. The van der Waals surface area contributed by atoms with Gasteiger partial charge >= 0.3 is 0 Å². The number of carbonyl (C=O) groups is 1.